The van der Waals surface area contributed by atoms with Gasteiger partial charge in [0, 0.05) is 7.05 Å². The van der Waals surface area contributed by atoms with Crippen molar-refractivity contribution in [1.29, 1.82) is 0 Å². The fourth-order valence-electron chi connectivity index (χ4n) is 0.710. The highest BCUT2D eigenvalue weighted by molar-refractivity contribution is 5.73. The Hall–Kier alpha value is -1.56. The summed E-state index contributed by atoms with van der Waals surface area (Å²) in [7, 11) is 1.72. The number of nitrogens with two attached hydrogens (primary N) is 2. The molecule has 1 aromatic heterocycles. The number of hydrogen-bond acceptors (Lipinski definition) is 6. The molecule has 6 N–H and O–H groups in total. The van der Waals surface area contributed by atoms with Crippen LogP contribution in [0.3, 0.4) is 0 Å². The second kappa shape index (κ2) is 3.02. The zero-order valence-electron chi connectivity index (χ0n) is 6.13. The number of nitrogen functional groups attached to an aromatic ring is 2. The van der Waals surface area contributed by atoms with Gasteiger partial charge in [-0.15, -0.1) is 0 Å². The summed E-state index contributed by atoms with van der Waals surface area (Å²) in [5.74, 6) is 6.11. The number of hydrazine groups is 1. The average Bonchev–Trinajstić information content (AvgIpc) is 2.05. The molecule has 6 heteroatoms. The monoisotopic (exact) mass is 154 g/mol. The van der Waals surface area contributed by atoms with Crippen molar-refractivity contribution in [2.75, 3.05) is 23.5 Å². The van der Waals surface area contributed by atoms with Crippen molar-refractivity contribution in [3.05, 3.63) is 6.33 Å². The SMILES string of the molecule is CNc1ncnc(NN)c1N. The molecule has 0 fully saturated rings. The summed E-state index contributed by atoms with van der Waals surface area (Å²) in [6.45, 7) is 0. The summed E-state index contributed by atoms with van der Waals surface area (Å²) in [5, 5.41) is 2.80. The molecule has 0 amide bonds. The summed E-state index contributed by atoms with van der Waals surface area (Å²) in [4.78, 5) is 7.66. The van der Waals surface area contributed by atoms with Crippen molar-refractivity contribution in [1.82, 2.24) is 9.97 Å². The summed E-state index contributed by atoms with van der Waals surface area (Å²) in [6.07, 6.45) is 1.37. The van der Waals surface area contributed by atoms with E-state index >= 15 is 0 Å². The van der Waals surface area contributed by atoms with Crippen LogP contribution >= 0.6 is 0 Å². The minimum Gasteiger partial charge on any atom is -0.393 e. The van der Waals surface area contributed by atoms with E-state index in [0.29, 0.717) is 17.3 Å². The Morgan fingerprint density at radius 3 is 2.55 bits per heavy atom. The van der Waals surface area contributed by atoms with Gasteiger partial charge < -0.3 is 16.5 Å². The molecule has 0 saturated heterocycles. The Kier molecular flexibility index (Phi) is 2.07. The lowest BCUT2D eigenvalue weighted by atomic mass is 10.4. The van der Waals surface area contributed by atoms with Crippen molar-refractivity contribution >= 4 is 17.3 Å². The molecule has 1 heterocycles. The zero-order chi connectivity index (χ0) is 8.27. The van der Waals surface area contributed by atoms with Crippen molar-refractivity contribution in [2.24, 2.45) is 5.84 Å². The molecule has 0 aliphatic heterocycles. The third kappa shape index (κ3) is 1.30. The first-order valence-corrected chi connectivity index (χ1v) is 3.04. The van der Waals surface area contributed by atoms with Gasteiger partial charge in [0.15, 0.2) is 11.6 Å². The van der Waals surface area contributed by atoms with Crippen molar-refractivity contribution in [2.45, 2.75) is 0 Å². The Balaban J connectivity index is 3.10. The predicted molar refractivity (Wildman–Crippen MR) is 43.8 cm³/mol. The molecule has 0 atom stereocenters. The van der Waals surface area contributed by atoms with Gasteiger partial charge in [-0.1, -0.05) is 0 Å². The van der Waals surface area contributed by atoms with Crippen LogP contribution in [0.4, 0.5) is 17.3 Å². The molecule has 0 bridgehead atoms. The van der Waals surface area contributed by atoms with Gasteiger partial charge in [-0.25, -0.2) is 15.8 Å². The molecule has 0 saturated carbocycles. The Morgan fingerprint density at radius 2 is 2.00 bits per heavy atom. The van der Waals surface area contributed by atoms with Gasteiger partial charge in [-0.2, -0.15) is 0 Å². The van der Waals surface area contributed by atoms with Crippen molar-refractivity contribution in [3.63, 3.8) is 0 Å². The molecule has 11 heavy (non-hydrogen) atoms. The third-order valence-corrected chi connectivity index (χ3v) is 1.26. The fourth-order valence-corrected chi connectivity index (χ4v) is 0.710. The van der Waals surface area contributed by atoms with E-state index in [9.17, 15) is 0 Å². The van der Waals surface area contributed by atoms with E-state index in [2.05, 4.69) is 20.7 Å². The zero-order valence-corrected chi connectivity index (χ0v) is 6.13. The third-order valence-electron chi connectivity index (χ3n) is 1.26. The quantitative estimate of drug-likeness (QED) is 0.334. The molecule has 1 aromatic rings. The summed E-state index contributed by atoms with van der Waals surface area (Å²) >= 11 is 0. The second-order valence-corrected chi connectivity index (χ2v) is 1.88. The van der Waals surface area contributed by atoms with E-state index < -0.39 is 0 Å². The highest BCUT2D eigenvalue weighted by atomic mass is 15.3. The average molecular weight is 154 g/mol. The standard InChI is InChI=1S/C5H10N6/c1-8-4-3(6)5(11-7)10-2-9-4/h2H,6-7H2,1H3,(H2,8,9,10,11). The van der Waals surface area contributed by atoms with E-state index in [1.54, 1.807) is 7.05 Å². The largest absolute Gasteiger partial charge is 0.393 e. The Labute approximate surface area is 64.0 Å². The molecule has 1 rings (SSSR count). The van der Waals surface area contributed by atoms with E-state index in [-0.39, 0.29) is 0 Å². The number of rotatable bonds is 2. The predicted octanol–water partition coefficient (Wildman–Crippen LogP) is -0.614. The molecular weight excluding hydrogens is 144 g/mol. The smallest absolute Gasteiger partial charge is 0.168 e. The topological polar surface area (TPSA) is 102 Å². The highest BCUT2D eigenvalue weighted by Gasteiger charge is 2.03. The number of anilines is 3. The lowest BCUT2D eigenvalue weighted by Gasteiger charge is -2.06. The maximum absolute atomic E-state index is 5.57. The molecule has 0 spiro atoms. The van der Waals surface area contributed by atoms with E-state index in [0.717, 1.165) is 0 Å². The molecular formula is C5H10N6. The van der Waals surface area contributed by atoms with Crippen LogP contribution in [0.15, 0.2) is 6.33 Å². The highest BCUT2D eigenvalue weighted by Crippen LogP contribution is 2.19. The van der Waals surface area contributed by atoms with Crippen molar-refractivity contribution in [3.8, 4) is 0 Å². The van der Waals surface area contributed by atoms with Crippen LogP contribution in [-0.2, 0) is 0 Å². The van der Waals surface area contributed by atoms with E-state index in [1.807, 2.05) is 0 Å². The number of hydrogen-bond donors (Lipinski definition) is 4. The summed E-state index contributed by atoms with van der Waals surface area (Å²) in [6, 6.07) is 0. The van der Waals surface area contributed by atoms with Crippen LogP contribution in [0.1, 0.15) is 0 Å². The summed E-state index contributed by atoms with van der Waals surface area (Å²) < 4.78 is 0. The first-order chi connectivity index (χ1) is 5.29. The van der Waals surface area contributed by atoms with Gasteiger partial charge in [-0.05, 0) is 0 Å². The maximum Gasteiger partial charge on any atom is 0.168 e. The van der Waals surface area contributed by atoms with Crippen molar-refractivity contribution < 1.29 is 0 Å². The van der Waals surface area contributed by atoms with Gasteiger partial charge in [0.1, 0.15) is 12.0 Å². The van der Waals surface area contributed by atoms with Crippen LogP contribution in [0.5, 0.6) is 0 Å². The van der Waals surface area contributed by atoms with Gasteiger partial charge in [0.2, 0.25) is 0 Å². The van der Waals surface area contributed by atoms with Crippen LogP contribution in [-0.4, -0.2) is 17.0 Å². The van der Waals surface area contributed by atoms with E-state index in [1.165, 1.54) is 6.33 Å². The molecule has 0 aliphatic carbocycles. The van der Waals surface area contributed by atoms with Gasteiger partial charge in [0.25, 0.3) is 0 Å². The molecule has 6 nitrogen and oxygen atoms in total. The molecule has 0 unspecified atom stereocenters. The van der Waals surface area contributed by atoms with Crippen LogP contribution < -0.4 is 22.3 Å². The second-order valence-electron chi connectivity index (χ2n) is 1.88. The first-order valence-electron chi connectivity index (χ1n) is 3.04. The lowest BCUT2D eigenvalue weighted by Crippen LogP contribution is -2.12. The summed E-state index contributed by atoms with van der Waals surface area (Å²) in [5.41, 5.74) is 8.34. The number of aromatic nitrogens is 2. The molecule has 0 aliphatic rings. The van der Waals surface area contributed by atoms with Gasteiger partial charge >= 0.3 is 0 Å². The molecule has 60 valence electrons. The Bertz CT molecular complexity index is 224. The number of nitrogens with zero attached hydrogens (tertiary/aromatic N) is 2. The van der Waals surface area contributed by atoms with Crippen LogP contribution in [0.25, 0.3) is 0 Å². The minimum absolute atomic E-state index is 0.414. The fraction of sp³-hybridized carbons (Fsp3) is 0.200. The normalized spacial score (nSPS) is 9.27. The van der Waals surface area contributed by atoms with Crippen LogP contribution in [0, 0.1) is 0 Å². The van der Waals surface area contributed by atoms with Gasteiger partial charge in [0.05, 0.1) is 0 Å². The molecule has 0 aromatic carbocycles. The van der Waals surface area contributed by atoms with Crippen LogP contribution in [0.2, 0.25) is 0 Å². The maximum atomic E-state index is 5.57. The van der Waals surface area contributed by atoms with Gasteiger partial charge in [-0.3, -0.25) is 0 Å². The first kappa shape index (κ1) is 7.55. The lowest BCUT2D eigenvalue weighted by molar-refractivity contribution is 1.14. The van der Waals surface area contributed by atoms with E-state index in [4.69, 9.17) is 11.6 Å². The number of nitrogens with one attached hydrogen (secondary N) is 2. The minimum atomic E-state index is 0.414. The molecule has 0 radical (unpaired) electrons. The Morgan fingerprint density at radius 1 is 1.36 bits per heavy atom.